The van der Waals surface area contributed by atoms with Crippen LogP contribution in [0.4, 0.5) is 9.18 Å². The Hall–Kier alpha value is -4.68. The zero-order valence-corrected chi connectivity index (χ0v) is 23.7. The van der Waals surface area contributed by atoms with Crippen LogP contribution in [0.5, 0.6) is 0 Å². The third-order valence-corrected chi connectivity index (χ3v) is 7.92. The van der Waals surface area contributed by atoms with E-state index in [1.54, 1.807) is 26.9 Å². The normalized spacial score (nSPS) is 19.7. The van der Waals surface area contributed by atoms with Crippen molar-refractivity contribution in [2.24, 2.45) is 0 Å². The summed E-state index contributed by atoms with van der Waals surface area (Å²) in [5.41, 5.74) is 3.64. The number of carbonyl (C=O) groups excluding carboxylic acids is 3. The van der Waals surface area contributed by atoms with Crippen LogP contribution in [0, 0.1) is 25.1 Å². The topological polar surface area (TPSA) is 76.2 Å². The number of carbonyl (C=O) groups is 3. The molecule has 9 heteroatoms. The first-order chi connectivity index (χ1) is 20.3. The molecule has 0 bridgehead atoms. The molecule has 0 aromatic heterocycles. The molecular weight excluding hydrogens is 533 g/mol. The minimum atomic E-state index is -0.848. The zero-order valence-electron chi connectivity index (χ0n) is 23.7. The van der Waals surface area contributed by atoms with Gasteiger partial charge in [-0.15, -0.1) is 6.42 Å². The number of aryl methyl sites for hydroxylation is 1. The number of hydrogen-bond donors (Lipinski definition) is 1. The van der Waals surface area contributed by atoms with E-state index in [1.165, 1.54) is 17.1 Å². The van der Waals surface area contributed by atoms with Crippen LogP contribution in [0.15, 0.2) is 78.9 Å². The summed E-state index contributed by atoms with van der Waals surface area (Å²) in [6.45, 7) is 4.10. The summed E-state index contributed by atoms with van der Waals surface area (Å²) in [4.78, 5) is 44.9. The average Bonchev–Trinajstić information content (AvgIpc) is 2.99. The number of rotatable bonds is 7. The largest absolute Gasteiger partial charge is 0.334 e. The first-order valence-corrected chi connectivity index (χ1v) is 14.0. The predicted molar refractivity (Wildman–Crippen MR) is 157 cm³/mol. The molecule has 3 atom stereocenters. The van der Waals surface area contributed by atoms with Gasteiger partial charge in [0.1, 0.15) is 18.0 Å². The zero-order chi connectivity index (χ0) is 29.8. The first-order valence-electron chi connectivity index (χ1n) is 14.0. The van der Waals surface area contributed by atoms with Crippen molar-refractivity contribution < 1.29 is 18.8 Å². The second-order valence-electron chi connectivity index (χ2n) is 10.7. The lowest BCUT2D eigenvalue weighted by molar-refractivity contribution is -0.190. The van der Waals surface area contributed by atoms with Crippen LogP contribution in [0.1, 0.15) is 35.2 Å². The maximum absolute atomic E-state index is 14.2. The van der Waals surface area contributed by atoms with Gasteiger partial charge in [0.15, 0.2) is 0 Å². The van der Waals surface area contributed by atoms with E-state index in [0.29, 0.717) is 0 Å². The van der Waals surface area contributed by atoms with Crippen LogP contribution >= 0.6 is 0 Å². The van der Waals surface area contributed by atoms with Gasteiger partial charge in [0, 0.05) is 13.0 Å². The molecule has 2 fully saturated rings. The number of nitrogens with zero attached hydrogens (tertiary/aromatic N) is 4. The molecule has 2 aliphatic heterocycles. The summed E-state index contributed by atoms with van der Waals surface area (Å²) in [5, 5.41) is 6.01. The Labute approximate surface area is 245 Å². The number of hydrazine groups is 1. The maximum atomic E-state index is 14.2. The lowest BCUT2D eigenvalue weighted by Crippen LogP contribution is -2.76. The summed E-state index contributed by atoms with van der Waals surface area (Å²) in [6.07, 6.45) is 5.14. The summed E-state index contributed by atoms with van der Waals surface area (Å²) in [5.74, 6) is 1.68. The number of amides is 4. The number of nitrogens with one attached hydrogen (secondary N) is 1. The molecular formula is C33H34FN5O3. The van der Waals surface area contributed by atoms with Gasteiger partial charge in [-0.25, -0.2) is 14.2 Å². The van der Waals surface area contributed by atoms with Crippen LogP contribution in [0.25, 0.3) is 0 Å². The molecule has 3 aromatic carbocycles. The second kappa shape index (κ2) is 12.5. The SMILES string of the molecule is C#CCN1CC(=O)N2[C@@H](Cc3ccc(C)cc3)C(=O)N(C(C)c3ccc(F)cc3)C[C@@H]2N1C(=O)NCc1ccccc1. The molecule has 2 aliphatic rings. The van der Waals surface area contributed by atoms with Gasteiger partial charge in [-0.2, -0.15) is 5.01 Å². The molecule has 8 nitrogen and oxygen atoms in total. The van der Waals surface area contributed by atoms with Crippen molar-refractivity contribution in [3.8, 4) is 12.3 Å². The molecule has 216 valence electrons. The van der Waals surface area contributed by atoms with Gasteiger partial charge in [-0.1, -0.05) is 78.2 Å². The van der Waals surface area contributed by atoms with E-state index in [4.69, 9.17) is 6.42 Å². The summed E-state index contributed by atoms with van der Waals surface area (Å²) < 4.78 is 13.7. The quantitative estimate of drug-likeness (QED) is 0.440. The minimum Gasteiger partial charge on any atom is -0.333 e. The molecule has 42 heavy (non-hydrogen) atoms. The van der Waals surface area contributed by atoms with Crippen molar-refractivity contribution in [3.05, 3.63) is 107 Å². The lowest BCUT2D eigenvalue weighted by atomic mass is 9.96. The van der Waals surface area contributed by atoms with Crippen LogP contribution in [-0.2, 0) is 22.6 Å². The van der Waals surface area contributed by atoms with Crippen molar-refractivity contribution >= 4 is 17.8 Å². The van der Waals surface area contributed by atoms with Gasteiger partial charge >= 0.3 is 6.03 Å². The van der Waals surface area contributed by atoms with E-state index < -0.39 is 24.3 Å². The van der Waals surface area contributed by atoms with Gasteiger partial charge in [-0.3, -0.25) is 9.59 Å². The highest BCUT2D eigenvalue weighted by Gasteiger charge is 2.52. The van der Waals surface area contributed by atoms with E-state index >= 15 is 0 Å². The number of piperazine rings is 1. The van der Waals surface area contributed by atoms with E-state index in [-0.39, 0.29) is 50.2 Å². The highest BCUT2D eigenvalue weighted by molar-refractivity contribution is 5.92. The Bertz CT molecular complexity index is 1470. The van der Waals surface area contributed by atoms with Crippen LogP contribution in [-0.4, -0.2) is 69.5 Å². The smallest absolute Gasteiger partial charge is 0.333 e. The Morgan fingerprint density at radius 1 is 1.02 bits per heavy atom. The van der Waals surface area contributed by atoms with Gasteiger partial charge < -0.3 is 15.1 Å². The number of hydrogen-bond acceptors (Lipinski definition) is 4. The van der Waals surface area contributed by atoms with Crippen molar-refractivity contribution in [1.29, 1.82) is 0 Å². The van der Waals surface area contributed by atoms with Crippen molar-refractivity contribution in [3.63, 3.8) is 0 Å². The predicted octanol–water partition coefficient (Wildman–Crippen LogP) is 3.88. The fourth-order valence-corrected chi connectivity index (χ4v) is 5.67. The standard InChI is InChI=1S/C33H34FN5O3/c1-4-18-36-22-31(40)38-29(19-25-12-10-23(2)11-13-25)32(41)37(24(3)27-14-16-28(34)17-15-27)21-30(38)39(36)33(42)35-20-26-8-6-5-7-9-26/h1,5-17,24,29-30H,18-22H2,2-3H3,(H,35,42)/t24?,29-,30-/m0/s1. The molecule has 0 saturated carbocycles. The summed E-state index contributed by atoms with van der Waals surface area (Å²) >= 11 is 0. The molecule has 1 unspecified atom stereocenters. The Kier molecular flexibility index (Phi) is 8.55. The molecule has 0 spiro atoms. The van der Waals surface area contributed by atoms with Crippen LogP contribution in [0.2, 0.25) is 0 Å². The third-order valence-electron chi connectivity index (χ3n) is 7.92. The maximum Gasteiger partial charge on any atom is 0.334 e. The van der Waals surface area contributed by atoms with E-state index in [2.05, 4.69) is 11.2 Å². The van der Waals surface area contributed by atoms with Gasteiger partial charge in [-0.05, 0) is 42.7 Å². The minimum absolute atomic E-state index is 0.0406. The number of fused-ring (bicyclic) bond motifs is 1. The van der Waals surface area contributed by atoms with E-state index in [0.717, 1.165) is 22.3 Å². The number of urea groups is 1. The molecule has 0 aliphatic carbocycles. The lowest BCUT2D eigenvalue weighted by Gasteiger charge is -2.55. The van der Waals surface area contributed by atoms with E-state index in [9.17, 15) is 18.8 Å². The van der Waals surface area contributed by atoms with Gasteiger partial charge in [0.25, 0.3) is 0 Å². The van der Waals surface area contributed by atoms with Gasteiger partial charge in [0.05, 0.1) is 25.7 Å². The van der Waals surface area contributed by atoms with Crippen molar-refractivity contribution in [2.75, 3.05) is 19.6 Å². The Balaban J connectivity index is 1.52. The molecule has 3 aromatic rings. The number of halogens is 1. The Morgan fingerprint density at radius 3 is 2.38 bits per heavy atom. The molecule has 5 rings (SSSR count). The fourth-order valence-electron chi connectivity index (χ4n) is 5.67. The first kappa shape index (κ1) is 28.8. The Morgan fingerprint density at radius 2 is 1.71 bits per heavy atom. The van der Waals surface area contributed by atoms with Crippen LogP contribution < -0.4 is 5.32 Å². The molecule has 2 heterocycles. The highest BCUT2D eigenvalue weighted by atomic mass is 19.1. The summed E-state index contributed by atoms with van der Waals surface area (Å²) in [7, 11) is 0. The monoisotopic (exact) mass is 567 g/mol. The second-order valence-corrected chi connectivity index (χ2v) is 10.7. The van der Waals surface area contributed by atoms with E-state index in [1.807, 2.05) is 68.4 Å². The van der Waals surface area contributed by atoms with Gasteiger partial charge in [0.2, 0.25) is 11.8 Å². The average molecular weight is 568 g/mol. The molecule has 1 N–H and O–H groups in total. The van der Waals surface area contributed by atoms with Crippen molar-refractivity contribution in [2.45, 2.75) is 45.1 Å². The molecule has 4 amide bonds. The molecule has 2 saturated heterocycles. The molecule has 0 radical (unpaired) electrons. The van der Waals surface area contributed by atoms with Crippen molar-refractivity contribution in [1.82, 2.24) is 25.1 Å². The number of benzene rings is 3. The summed E-state index contributed by atoms with van der Waals surface area (Å²) in [6, 6.07) is 21.6. The number of terminal acetylenes is 1. The fraction of sp³-hybridized carbons (Fsp3) is 0.303. The highest BCUT2D eigenvalue weighted by Crippen LogP contribution is 2.33. The van der Waals surface area contributed by atoms with Crippen LogP contribution in [0.3, 0.4) is 0 Å². The third kappa shape index (κ3) is 5.99.